The van der Waals surface area contributed by atoms with Crippen molar-refractivity contribution < 1.29 is 9.13 Å². The summed E-state index contributed by atoms with van der Waals surface area (Å²) < 4.78 is 18.7. The average molecular weight is 253 g/mol. The van der Waals surface area contributed by atoms with E-state index in [1.54, 1.807) is 0 Å². The summed E-state index contributed by atoms with van der Waals surface area (Å²) >= 11 is 0. The highest BCUT2D eigenvalue weighted by molar-refractivity contribution is 5.26. The maximum atomic E-state index is 13.0. The molecule has 3 heteroatoms. The Hall–Kier alpha value is -0.930. The third-order valence-corrected chi connectivity index (χ3v) is 3.40. The van der Waals surface area contributed by atoms with Crippen LogP contribution in [-0.4, -0.2) is 25.8 Å². The van der Waals surface area contributed by atoms with Gasteiger partial charge in [0.25, 0.3) is 0 Å². The van der Waals surface area contributed by atoms with E-state index in [1.807, 2.05) is 33.0 Å². The molecule has 0 saturated heterocycles. The van der Waals surface area contributed by atoms with Crippen molar-refractivity contribution in [3.05, 3.63) is 35.6 Å². The topological polar surface area (TPSA) is 21.3 Å². The molecule has 1 rings (SSSR count). The molecule has 1 atom stereocenters. The molecule has 0 aliphatic rings. The average Bonchev–Trinajstić information content (AvgIpc) is 2.29. The Morgan fingerprint density at radius 3 is 2.22 bits per heavy atom. The summed E-state index contributed by atoms with van der Waals surface area (Å²) in [6.45, 7) is 8.98. The molecule has 1 aromatic rings. The van der Waals surface area contributed by atoms with Gasteiger partial charge >= 0.3 is 0 Å². The van der Waals surface area contributed by atoms with Crippen LogP contribution in [0.25, 0.3) is 0 Å². The second-order valence-electron chi connectivity index (χ2n) is 5.45. The predicted molar refractivity (Wildman–Crippen MR) is 73.4 cm³/mol. The van der Waals surface area contributed by atoms with Crippen molar-refractivity contribution in [3.63, 3.8) is 0 Å². The molecule has 1 unspecified atom stereocenters. The first kappa shape index (κ1) is 15.1. The summed E-state index contributed by atoms with van der Waals surface area (Å²) in [5.41, 5.74) is 0.993. The fourth-order valence-electron chi connectivity index (χ4n) is 2.02. The predicted octanol–water partition coefficient (Wildman–Crippen LogP) is 3.12. The van der Waals surface area contributed by atoms with Crippen molar-refractivity contribution in [1.82, 2.24) is 5.32 Å². The first-order valence-corrected chi connectivity index (χ1v) is 6.43. The monoisotopic (exact) mass is 253 g/mol. The van der Waals surface area contributed by atoms with Gasteiger partial charge in [0, 0.05) is 11.5 Å². The zero-order valence-corrected chi connectivity index (χ0v) is 12.0. The molecule has 2 nitrogen and oxygen atoms in total. The Balaban J connectivity index is 2.84. The minimum atomic E-state index is -0.200. The maximum Gasteiger partial charge on any atom is 0.123 e. The van der Waals surface area contributed by atoms with Crippen LogP contribution >= 0.6 is 0 Å². The van der Waals surface area contributed by atoms with Crippen molar-refractivity contribution in [2.24, 2.45) is 0 Å². The Morgan fingerprint density at radius 2 is 1.78 bits per heavy atom. The highest BCUT2D eigenvalue weighted by atomic mass is 19.1. The van der Waals surface area contributed by atoms with Gasteiger partial charge in [-0.2, -0.15) is 0 Å². The molecule has 0 aliphatic heterocycles. The van der Waals surface area contributed by atoms with Gasteiger partial charge in [0.1, 0.15) is 5.82 Å². The van der Waals surface area contributed by atoms with Crippen LogP contribution in [0.1, 0.15) is 33.3 Å². The standard InChI is InChI=1S/C15H24FNO/c1-11(2)18-10-14(17-5)15(3,4)12-6-8-13(16)9-7-12/h6-9,11,14,17H,10H2,1-5H3. The number of rotatable bonds is 6. The highest BCUT2D eigenvalue weighted by Gasteiger charge is 2.30. The van der Waals surface area contributed by atoms with Gasteiger partial charge < -0.3 is 10.1 Å². The zero-order chi connectivity index (χ0) is 13.8. The van der Waals surface area contributed by atoms with Crippen LogP contribution < -0.4 is 5.32 Å². The van der Waals surface area contributed by atoms with Crippen molar-refractivity contribution in [2.75, 3.05) is 13.7 Å². The van der Waals surface area contributed by atoms with E-state index in [9.17, 15) is 4.39 Å². The van der Waals surface area contributed by atoms with Gasteiger partial charge in [-0.1, -0.05) is 26.0 Å². The molecule has 0 amide bonds. The van der Waals surface area contributed by atoms with E-state index in [0.29, 0.717) is 6.61 Å². The van der Waals surface area contributed by atoms with Gasteiger partial charge in [-0.15, -0.1) is 0 Å². The number of halogens is 1. The first-order chi connectivity index (χ1) is 8.37. The van der Waals surface area contributed by atoms with E-state index in [2.05, 4.69) is 19.2 Å². The van der Waals surface area contributed by atoms with Crippen LogP contribution in [0, 0.1) is 5.82 Å². The molecular weight excluding hydrogens is 229 g/mol. The van der Waals surface area contributed by atoms with Crippen molar-refractivity contribution >= 4 is 0 Å². The Kier molecular flexibility index (Phi) is 5.29. The number of hydrogen-bond donors (Lipinski definition) is 1. The molecule has 102 valence electrons. The second-order valence-corrected chi connectivity index (χ2v) is 5.45. The van der Waals surface area contributed by atoms with Gasteiger partial charge in [-0.25, -0.2) is 4.39 Å². The zero-order valence-electron chi connectivity index (χ0n) is 12.0. The van der Waals surface area contributed by atoms with E-state index >= 15 is 0 Å². The van der Waals surface area contributed by atoms with Crippen LogP contribution in [0.3, 0.4) is 0 Å². The summed E-state index contributed by atoms with van der Waals surface area (Å²) in [7, 11) is 1.93. The third-order valence-electron chi connectivity index (χ3n) is 3.40. The van der Waals surface area contributed by atoms with Gasteiger partial charge in [0.05, 0.1) is 12.7 Å². The van der Waals surface area contributed by atoms with E-state index < -0.39 is 0 Å². The van der Waals surface area contributed by atoms with E-state index in [-0.39, 0.29) is 23.4 Å². The third kappa shape index (κ3) is 3.79. The van der Waals surface area contributed by atoms with Gasteiger partial charge in [0.15, 0.2) is 0 Å². The summed E-state index contributed by atoms with van der Waals surface area (Å²) in [6.07, 6.45) is 0.213. The van der Waals surface area contributed by atoms with E-state index in [1.165, 1.54) is 12.1 Å². The molecular formula is C15H24FNO. The summed E-state index contributed by atoms with van der Waals surface area (Å²) in [6, 6.07) is 6.88. The number of hydrogen-bond acceptors (Lipinski definition) is 2. The fourth-order valence-corrected chi connectivity index (χ4v) is 2.02. The molecule has 1 aromatic carbocycles. The second kappa shape index (κ2) is 6.30. The molecule has 1 N–H and O–H groups in total. The Morgan fingerprint density at radius 1 is 1.22 bits per heavy atom. The molecule has 0 fully saturated rings. The summed E-state index contributed by atoms with van der Waals surface area (Å²) in [5.74, 6) is -0.200. The van der Waals surface area contributed by atoms with Gasteiger partial charge in [0.2, 0.25) is 0 Å². The summed E-state index contributed by atoms with van der Waals surface area (Å²) in [5, 5.41) is 3.29. The van der Waals surface area contributed by atoms with Crippen molar-refractivity contribution in [1.29, 1.82) is 0 Å². The quantitative estimate of drug-likeness (QED) is 0.841. The number of likely N-dealkylation sites (N-methyl/N-ethyl adjacent to an activating group) is 1. The Labute approximate surface area is 110 Å². The maximum absolute atomic E-state index is 13.0. The largest absolute Gasteiger partial charge is 0.377 e. The molecule has 18 heavy (non-hydrogen) atoms. The first-order valence-electron chi connectivity index (χ1n) is 6.43. The lowest BCUT2D eigenvalue weighted by molar-refractivity contribution is 0.0480. The molecule has 0 spiro atoms. The number of ether oxygens (including phenoxy) is 1. The van der Waals surface area contributed by atoms with Crippen LogP contribution in [0.4, 0.5) is 4.39 Å². The smallest absolute Gasteiger partial charge is 0.123 e. The van der Waals surface area contributed by atoms with E-state index in [4.69, 9.17) is 4.74 Å². The fraction of sp³-hybridized carbons (Fsp3) is 0.600. The van der Waals surface area contributed by atoms with Crippen molar-refractivity contribution in [2.45, 2.75) is 45.3 Å². The number of benzene rings is 1. The van der Waals surface area contributed by atoms with Crippen LogP contribution in [-0.2, 0) is 10.2 Å². The molecule has 0 saturated carbocycles. The molecule has 0 aliphatic carbocycles. The van der Waals surface area contributed by atoms with Crippen molar-refractivity contribution in [3.8, 4) is 0 Å². The van der Waals surface area contributed by atoms with Crippen LogP contribution in [0.5, 0.6) is 0 Å². The molecule has 0 heterocycles. The minimum Gasteiger partial charge on any atom is -0.377 e. The molecule has 0 aromatic heterocycles. The SMILES string of the molecule is CNC(COC(C)C)C(C)(C)c1ccc(F)cc1. The minimum absolute atomic E-state index is 0.114. The molecule has 0 radical (unpaired) electrons. The number of nitrogens with one attached hydrogen (secondary N) is 1. The van der Waals surface area contributed by atoms with E-state index in [0.717, 1.165) is 5.56 Å². The van der Waals surface area contributed by atoms with Crippen LogP contribution in [0.2, 0.25) is 0 Å². The van der Waals surface area contributed by atoms with Gasteiger partial charge in [-0.3, -0.25) is 0 Å². The summed E-state index contributed by atoms with van der Waals surface area (Å²) in [4.78, 5) is 0. The lowest BCUT2D eigenvalue weighted by Crippen LogP contribution is -2.46. The molecule has 0 bridgehead atoms. The highest BCUT2D eigenvalue weighted by Crippen LogP contribution is 2.27. The lowest BCUT2D eigenvalue weighted by Gasteiger charge is -2.35. The Bertz CT molecular complexity index is 359. The van der Waals surface area contributed by atoms with Gasteiger partial charge in [-0.05, 0) is 38.6 Å². The van der Waals surface area contributed by atoms with Crippen LogP contribution in [0.15, 0.2) is 24.3 Å². The lowest BCUT2D eigenvalue weighted by atomic mass is 9.78. The normalized spacial score (nSPS) is 13.9.